The molecular weight excluding hydrogens is 566 g/mol. The third kappa shape index (κ3) is 5.66. The lowest BCUT2D eigenvalue weighted by atomic mass is 10.2. The Morgan fingerprint density at radius 2 is 1.68 bits per heavy atom. The molecule has 1 amide bonds. The molecular formula is C28H27N5O6S2. The molecule has 0 aliphatic carbocycles. The minimum Gasteiger partial charge on any atom is -0.454 e. The van der Waals surface area contributed by atoms with Gasteiger partial charge in [0.15, 0.2) is 22.5 Å². The van der Waals surface area contributed by atoms with Gasteiger partial charge in [-0.2, -0.15) is 4.31 Å². The van der Waals surface area contributed by atoms with Gasteiger partial charge in [-0.25, -0.2) is 8.42 Å². The molecule has 1 N–H and O–H groups in total. The number of amides is 1. The van der Waals surface area contributed by atoms with Gasteiger partial charge < -0.3 is 19.5 Å². The van der Waals surface area contributed by atoms with Crippen molar-refractivity contribution in [1.82, 2.24) is 19.1 Å². The number of hydrogen-bond acceptors (Lipinski definition) is 9. The molecule has 1 aromatic heterocycles. The van der Waals surface area contributed by atoms with E-state index in [4.69, 9.17) is 14.2 Å². The Kier molecular flexibility index (Phi) is 7.67. The zero-order chi connectivity index (χ0) is 28.4. The number of aromatic nitrogens is 3. The number of thioether (sulfide) groups is 1. The summed E-state index contributed by atoms with van der Waals surface area (Å²) >= 11 is 1.27. The molecule has 11 nitrogen and oxygen atoms in total. The lowest BCUT2D eigenvalue weighted by Gasteiger charge is -2.26. The number of nitrogens with one attached hydrogen (secondary N) is 1. The molecule has 6 rings (SSSR count). The molecule has 2 aliphatic rings. The Morgan fingerprint density at radius 1 is 0.951 bits per heavy atom. The fraction of sp³-hybridized carbons (Fsp3) is 0.250. The van der Waals surface area contributed by atoms with Crippen LogP contribution in [0.4, 0.5) is 5.69 Å². The van der Waals surface area contributed by atoms with Crippen LogP contribution in [0, 0.1) is 0 Å². The summed E-state index contributed by atoms with van der Waals surface area (Å²) in [7, 11) is -3.62. The van der Waals surface area contributed by atoms with E-state index in [-0.39, 0.29) is 17.6 Å². The van der Waals surface area contributed by atoms with Gasteiger partial charge in [-0.05, 0) is 61.5 Å². The number of carbonyl (C=O) groups is 1. The Labute approximate surface area is 241 Å². The minimum atomic E-state index is -3.62. The largest absolute Gasteiger partial charge is 0.454 e. The van der Waals surface area contributed by atoms with E-state index in [1.165, 1.54) is 28.2 Å². The number of fused-ring (bicyclic) bond motifs is 1. The van der Waals surface area contributed by atoms with Crippen LogP contribution in [0.15, 0.2) is 82.8 Å². The van der Waals surface area contributed by atoms with Crippen molar-refractivity contribution in [3.05, 3.63) is 72.8 Å². The molecule has 0 spiro atoms. The highest BCUT2D eigenvalue weighted by molar-refractivity contribution is 8.00. The van der Waals surface area contributed by atoms with E-state index in [9.17, 15) is 13.2 Å². The first kappa shape index (κ1) is 27.3. The average molecular weight is 594 g/mol. The molecule has 212 valence electrons. The molecule has 2 aliphatic heterocycles. The van der Waals surface area contributed by atoms with Gasteiger partial charge in [-0.15, -0.1) is 10.2 Å². The molecule has 3 heterocycles. The van der Waals surface area contributed by atoms with Gasteiger partial charge >= 0.3 is 0 Å². The zero-order valence-electron chi connectivity index (χ0n) is 22.1. The van der Waals surface area contributed by atoms with Crippen LogP contribution in [0.3, 0.4) is 0 Å². The second-order valence-electron chi connectivity index (χ2n) is 9.34. The monoisotopic (exact) mass is 593 g/mol. The predicted molar refractivity (Wildman–Crippen MR) is 153 cm³/mol. The first-order chi connectivity index (χ1) is 19.9. The molecule has 41 heavy (non-hydrogen) atoms. The van der Waals surface area contributed by atoms with Crippen LogP contribution in [0.1, 0.15) is 6.92 Å². The number of sulfonamides is 1. The molecule has 1 saturated heterocycles. The molecule has 0 radical (unpaired) electrons. The van der Waals surface area contributed by atoms with Crippen molar-refractivity contribution in [1.29, 1.82) is 0 Å². The Morgan fingerprint density at radius 3 is 2.44 bits per heavy atom. The molecule has 3 aromatic carbocycles. The van der Waals surface area contributed by atoms with Gasteiger partial charge in [0, 0.05) is 30.0 Å². The van der Waals surface area contributed by atoms with E-state index in [1.54, 1.807) is 19.1 Å². The number of anilines is 1. The van der Waals surface area contributed by atoms with Crippen LogP contribution in [0.2, 0.25) is 0 Å². The number of ether oxygens (including phenoxy) is 3. The number of para-hydroxylation sites is 1. The average Bonchev–Trinajstić information content (AvgIpc) is 3.65. The van der Waals surface area contributed by atoms with E-state index in [1.807, 2.05) is 53.1 Å². The summed E-state index contributed by atoms with van der Waals surface area (Å²) in [6.45, 7) is 3.34. The Hall–Kier alpha value is -3.91. The van der Waals surface area contributed by atoms with Crippen LogP contribution >= 0.6 is 11.8 Å². The molecule has 4 aromatic rings. The maximum absolute atomic E-state index is 13.1. The number of carbonyl (C=O) groups excluding carboxylic acids is 1. The van der Waals surface area contributed by atoms with Crippen molar-refractivity contribution in [2.24, 2.45) is 0 Å². The van der Waals surface area contributed by atoms with Gasteiger partial charge in [0.25, 0.3) is 0 Å². The predicted octanol–water partition coefficient (Wildman–Crippen LogP) is 3.80. The fourth-order valence-electron chi connectivity index (χ4n) is 4.48. The number of hydrogen-bond donors (Lipinski definition) is 1. The van der Waals surface area contributed by atoms with Crippen molar-refractivity contribution >= 4 is 33.4 Å². The highest BCUT2D eigenvalue weighted by Crippen LogP contribution is 2.37. The van der Waals surface area contributed by atoms with Crippen molar-refractivity contribution in [3.63, 3.8) is 0 Å². The summed E-state index contributed by atoms with van der Waals surface area (Å²) in [6, 6.07) is 21.4. The minimum absolute atomic E-state index is 0.171. The summed E-state index contributed by atoms with van der Waals surface area (Å²) in [5.74, 6) is 1.65. The summed E-state index contributed by atoms with van der Waals surface area (Å²) in [5, 5.41) is 11.7. The van der Waals surface area contributed by atoms with Crippen LogP contribution in [-0.2, 0) is 19.6 Å². The van der Waals surface area contributed by atoms with Gasteiger partial charge in [-0.1, -0.05) is 30.0 Å². The van der Waals surface area contributed by atoms with Crippen molar-refractivity contribution in [2.75, 3.05) is 38.4 Å². The quantitative estimate of drug-likeness (QED) is 0.304. The lowest BCUT2D eigenvalue weighted by molar-refractivity contribution is -0.115. The fourth-order valence-corrected chi connectivity index (χ4v) is 6.76. The number of rotatable bonds is 8. The van der Waals surface area contributed by atoms with E-state index >= 15 is 0 Å². The van der Waals surface area contributed by atoms with Crippen LogP contribution in [-0.4, -0.2) is 71.7 Å². The second-order valence-corrected chi connectivity index (χ2v) is 12.6. The third-order valence-corrected chi connectivity index (χ3v) is 9.62. The van der Waals surface area contributed by atoms with Crippen LogP contribution in [0.5, 0.6) is 11.5 Å². The normalized spacial score (nSPS) is 15.9. The Balaban J connectivity index is 1.19. The first-order valence-electron chi connectivity index (χ1n) is 13.0. The standard InChI is InChI=1S/C28H27N5O6S2/c1-19(27(34)29-21-8-10-23(11-9-21)41(35,36)32-13-15-37-16-14-32)40-28-31-30-26(33(28)22-5-3-2-4-6-22)20-7-12-24-25(17-20)39-18-38-24/h2-12,17,19H,13-16,18H2,1H3,(H,29,34)/t19-/m1/s1. The summed E-state index contributed by atoms with van der Waals surface area (Å²) in [4.78, 5) is 13.3. The van der Waals surface area contributed by atoms with Gasteiger partial charge in [0.1, 0.15) is 0 Å². The third-order valence-electron chi connectivity index (χ3n) is 6.66. The van der Waals surface area contributed by atoms with Crippen molar-refractivity contribution in [2.45, 2.75) is 22.2 Å². The van der Waals surface area contributed by atoms with E-state index in [2.05, 4.69) is 15.5 Å². The topological polar surface area (TPSA) is 125 Å². The molecule has 1 fully saturated rings. The van der Waals surface area contributed by atoms with Gasteiger partial charge in [-0.3, -0.25) is 9.36 Å². The molecule has 0 bridgehead atoms. The number of benzene rings is 3. The summed E-state index contributed by atoms with van der Waals surface area (Å²) < 4.78 is 45.3. The Bertz CT molecular complexity index is 1660. The molecule has 1 atom stereocenters. The summed E-state index contributed by atoms with van der Waals surface area (Å²) in [5.41, 5.74) is 2.13. The van der Waals surface area contributed by atoms with E-state index < -0.39 is 15.3 Å². The maximum Gasteiger partial charge on any atom is 0.243 e. The van der Waals surface area contributed by atoms with E-state index in [0.29, 0.717) is 54.5 Å². The van der Waals surface area contributed by atoms with Gasteiger partial charge in [0.2, 0.25) is 22.7 Å². The number of morpholine rings is 1. The van der Waals surface area contributed by atoms with Crippen molar-refractivity contribution < 1.29 is 27.4 Å². The molecule has 13 heteroatoms. The maximum atomic E-state index is 13.1. The van der Waals surface area contributed by atoms with Crippen molar-refractivity contribution in [3.8, 4) is 28.6 Å². The smallest absolute Gasteiger partial charge is 0.243 e. The SMILES string of the molecule is C[C@@H](Sc1nnc(-c2ccc3c(c2)OCO3)n1-c1ccccc1)C(=O)Nc1ccc(S(=O)(=O)N2CCOCC2)cc1. The van der Waals surface area contributed by atoms with Gasteiger partial charge in [0.05, 0.1) is 23.4 Å². The zero-order valence-corrected chi connectivity index (χ0v) is 23.7. The highest BCUT2D eigenvalue weighted by atomic mass is 32.2. The lowest BCUT2D eigenvalue weighted by Crippen LogP contribution is -2.40. The first-order valence-corrected chi connectivity index (χ1v) is 15.3. The highest BCUT2D eigenvalue weighted by Gasteiger charge is 2.27. The summed E-state index contributed by atoms with van der Waals surface area (Å²) in [6.07, 6.45) is 0. The molecule has 0 saturated carbocycles. The second kappa shape index (κ2) is 11.5. The number of nitrogens with zero attached hydrogens (tertiary/aromatic N) is 4. The van der Waals surface area contributed by atoms with Crippen LogP contribution < -0.4 is 14.8 Å². The molecule has 0 unspecified atom stereocenters. The van der Waals surface area contributed by atoms with E-state index in [0.717, 1.165) is 11.3 Å². The van der Waals surface area contributed by atoms with Crippen LogP contribution in [0.25, 0.3) is 17.1 Å².